The molecular weight excluding hydrogens is 522 g/mol. The summed E-state index contributed by atoms with van der Waals surface area (Å²) in [5.41, 5.74) is 0.768. The molecule has 0 bridgehead atoms. The standard InChI is InChI=1S/C28H36ClN5O5/c1-28(2,3)14-22(33-23(35)9-6-17-5-4-16(15-30)12-20(17)29)26(38)34-21(13-18-10-11-31-25(18)37)24(36)27(39)32-19-7-8-19/h4-5,12,18-19,21-22H,6-11,13-14H2,1-3H3,(H,31,37)(H,32,39)(H,33,35)(H,34,38)/t18-,21?,22?/m0/s1. The summed E-state index contributed by atoms with van der Waals surface area (Å²) >= 11 is 6.22. The molecule has 10 nitrogen and oxygen atoms in total. The van der Waals surface area contributed by atoms with Gasteiger partial charge < -0.3 is 21.3 Å². The highest BCUT2D eigenvalue weighted by atomic mass is 35.5. The van der Waals surface area contributed by atoms with Crippen LogP contribution in [0.3, 0.4) is 0 Å². The van der Waals surface area contributed by atoms with Crippen molar-refractivity contribution in [3.63, 3.8) is 0 Å². The summed E-state index contributed by atoms with van der Waals surface area (Å²) in [4.78, 5) is 64.0. The van der Waals surface area contributed by atoms with Crippen molar-refractivity contribution in [3.8, 4) is 6.07 Å². The van der Waals surface area contributed by atoms with Crippen molar-refractivity contribution in [3.05, 3.63) is 34.3 Å². The summed E-state index contributed by atoms with van der Waals surface area (Å²) in [6, 6.07) is 4.66. The van der Waals surface area contributed by atoms with Crippen LogP contribution in [-0.2, 0) is 30.4 Å². The van der Waals surface area contributed by atoms with Crippen molar-refractivity contribution in [1.82, 2.24) is 21.3 Å². The first-order valence-corrected chi connectivity index (χ1v) is 13.6. The largest absolute Gasteiger partial charge is 0.356 e. The predicted molar refractivity (Wildman–Crippen MR) is 144 cm³/mol. The van der Waals surface area contributed by atoms with Gasteiger partial charge in [-0.1, -0.05) is 38.4 Å². The fraction of sp³-hybridized carbons (Fsp3) is 0.571. The van der Waals surface area contributed by atoms with Gasteiger partial charge in [-0.2, -0.15) is 5.26 Å². The zero-order chi connectivity index (χ0) is 28.7. The maximum absolute atomic E-state index is 13.4. The van der Waals surface area contributed by atoms with Crippen LogP contribution in [0, 0.1) is 22.7 Å². The number of nitriles is 1. The summed E-state index contributed by atoms with van der Waals surface area (Å²) in [6.45, 7) is 6.23. The van der Waals surface area contributed by atoms with Gasteiger partial charge in [-0.25, -0.2) is 0 Å². The molecule has 3 atom stereocenters. The molecule has 0 spiro atoms. The van der Waals surface area contributed by atoms with Crippen molar-refractivity contribution in [1.29, 1.82) is 5.26 Å². The summed E-state index contributed by atoms with van der Waals surface area (Å²) < 4.78 is 0. The van der Waals surface area contributed by atoms with Crippen molar-refractivity contribution < 1.29 is 24.0 Å². The number of Topliss-reactive ketones (excluding diaryl/α,β-unsaturated/α-hetero) is 1. The summed E-state index contributed by atoms with van der Waals surface area (Å²) in [5, 5.41) is 20.2. The molecule has 1 aliphatic carbocycles. The van der Waals surface area contributed by atoms with Crippen LogP contribution in [0.2, 0.25) is 5.02 Å². The number of benzene rings is 1. The van der Waals surface area contributed by atoms with Gasteiger partial charge >= 0.3 is 0 Å². The molecule has 1 saturated carbocycles. The van der Waals surface area contributed by atoms with E-state index in [1.807, 2.05) is 26.8 Å². The zero-order valence-electron chi connectivity index (χ0n) is 22.6. The topological polar surface area (TPSA) is 157 Å². The number of nitrogens with one attached hydrogen (secondary N) is 4. The Morgan fingerprint density at radius 1 is 1.13 bits per heavy atom. The Bertz CT molecular complexity index is 1170. The van der Waals surface area contributed by atoms with Gasteiger partial charge in [0.1, 0.15) is 6.04 Å². The Hall–Kier alpha value is -3.45. The third kappa shape index (κ3) is 9.36. The lowest BCUT2D eigenvalue weighted by Gasteiger charge is -2.28. The third-order valence-corrected chi connectivity index (χ3v) is 7.08. The molecule has 0 aromatic heterocycles. The fourth-order valence-electron chi connectivity index (χ4n) is 4.46. The van der Waals surface area contributed by atoms with E-state index in [-0.39, 0.29) is 42.5 Å². The first kappa shape index (κ1) is 30.1. The average molecular weight is 558 g/mol. The van der Waals surface area contributed by atoms with Gasteiger partial charge in [-0.15, -0.1) is 0 Å². The fourth-order valence-corrected chi connectivity index (χ4v) is 4.73. The van der Waals surface area contributed by atoms with Crippen molar-refractivity contribution in [2.45, 2.75) is 83.8 Å². The van der Waals surface area contributed by atoms with Crippen LogP contribution >= 0.6 is 11.6 Å². The van der Waals surface area contributed by atoms with E-state index in [0.717, 1.165) is 12.8 Å². The number of nitrogens with zero attached hydrogens (tertiary/aromatic N) is 1. The van der Waals surface area contributed by atoms with Crippen LogP contribution in [0.15, 0.2) is 18.2 Å². The molecule has 210 valence electrons. The highest BCUT2D eigenvalue weighted by Gasteiger charge is 2.37. The molecule has 4 N–H and O–H groups in total. The molecule has 11 heteroatoms. The number of aryl methyl sites for hydroxylation is 1. The van der Waals surface area contributed by atoms with E-state index < -0.39 is 35.6 Å². The third-order valence-electron chi connectivity index (χ3n) is 6.72. The molecule has 1 aromatic rings. The Balaban J connectivity index is 1.69. The van der Waals surface area contributed by atoms with E-state index in [1.165, 1.54) is 6.07 Å². The Labute approximate surface area is 233 Å². The van der Waals surface area contributed by atoms with E-state index in [4.69, 9.17) is 16.9 Å². The molecule has 2 fully saturated rings. The first-order chi connectivity index (χ1) is 18.4. The lowest BCUT2D eigenvalue weighted by atomic mass is 9.87. The molecule has 0 radical (unpaired) electrons. The van der Waals surface area contributed by atoms with Gasteiger partial charge in [0.15, 0.2) is 0 Å². The molecule has 2 unspecified atom stereocenters. The molecule has 2 aliphatic rings. The second-order valence-corrected chi connectivity index (χ2v) is 11.9. The number of amides is 4. The number of hydrogen-bond donors (Lipinski definition) is 4. The van der Waals surface area contributed by atoms with Crippen LogP contribution in [0.25, 0.3) is 0 Å². The second kappa shape index (κ2) is 13.1. The minimum absolute atomic E-state index is 0.00185. The quantitative estimate of drug-likeness (QED) is 0.287. The zero-order valence-corrected chi connectivity index (χ0v) is 23.3. The number of ketones is 1. The van der Waals surface area contributed by atoms with E-state index in [0.29, 0.717) is 35.5 Å². The van der Waals surface area contributed by atoms with Crippen LogP contribution in [-0.4, -0.2) is 54.1 Å². The molecule has 1 aromatic carbocycles. The van der Waals surface area contributed by atoms with Crippen LogP contribution < -0.4 is 21.3 Å². The van der Waals surface area contributed by atoms with E-state index in [1.54, 1.807) is 12.1 Å². The molecular formula is C28H36ClN5O5. The van der Waals surface area contributed by atoms with E-state index >= 15 is 0 Å². The second-order valence-electron chi connectivity index (χ2n) is 11.5. The van der Waals surface area contributed by atoms with Gasteiger partial charge in [0, 0.05) is 29.9 Å². The SMILES string of the molecule is CC(C)(C)CC(NC(=O)CCc1ccc(C#N)cc1Cl)C(=O)NC(C[C@@H]1CCNC1=O)C(=O)C(=O)NC1CC1. The molecule has 1 aliphatic heterocycles. The number of carbonyl (C=O) groups is 5. The number of rotatable bonds is 12. The highest BCUT2D eigenvalue weighted by Crippen LogP contribution is 2.23. The van der Waals surface area contributed by atoms with E-state index in [9.17, 15) is 24.0 Å². The maximum Gasteiger partial charge on any atom is 0.289 e. The van der Waals surface area contributed by atoms with Crippen LogP contribution in [0.4, 0.5) is 0 Å². The minimum atomic E-state index is -1.19. The minimum Gasteiger partial charge on any atom is -0.356 e. The molecule has 1 heterocycles. The smallest absolute Gasteiger partial charge is 0.289 e. The van der Waals surface area contributed by atoms with Gasteiger partial charge in [0.25, 0.3) is 5.91 Å². The Morgan fingerprint density at radius 2 is 1.85 bits per heavy atom. The Kier molecular flexibility index (Phi) is 10.1. The van der Waals surface area contributed by atoms with E-state index in [2.05, 4.69) is 21.3 Å². The first-order valence-electron chi connectivity index (χ1n) is 13.3. The molecule has 4 amide bonds. The normalized spacial score (nSPS) is 18.3. The summed E-state index contributed by atoms with van der Waals surface area (Å²) in [5.74, 6) is -3.27. The van der Waals surface area contributed by atoms with Gasteiger partial charge in [-0.3, -0.25) is 24.0 Å². The van der Waals surface area contributed by atoms with Crippen LogP contribution in [0.5, 0.6) is 0 Å². The van der Waals surface area contributed by atoms with Gasteiger partial charge in [0.05, 0.1) is 17.7 Å². The van der Waals surface area contributed by atoms with Gasteiger partial charge in [0.2, 0.25) is 23.5 Å². The number of halogens is 1. The van der Waals surface area contributed by atoms with Crippen molar-refractivity contribution in [2.75, 3.05) is 6.54 Å². The monoisotopic (exact) mass is 557 g/mol. The average Bonchev–Trinajstić information content (AvgIpc) is 3.59. The maximum atomic E-state index is 13.4. The van der Waals surface area contributed by atoms with Crippen molar-refractivity contribution in [2.24, 2.45) is 11.3 Å². The molecule has 3 rings (SSSR count). The lowest BCUT2D eigenvalue weighted by Crippen LogP contribution is -2.55. The number of carbonyl (C=O) groups excluding carboxylic acids is 5. The summed E-state index contributed by atoms with van der Waals surface area (Å²) in [6.07, 6.45) is 2.74. The van der Waals surface area contributed by atoms with Gasteiger partial charge in [-0.05, 0) is 61.6 Å². The predicted octanol–water partition coefficient (Wildman–Crippen LogP) is 1.92. The summed E-state index contributed by atoms with van der Waals surface area (Å²) in [7, 11) is 0. The molecule has 1 saturated heterocycles. The lowest BCUT2D eigenvalue weighted by molar-refractivity contribution is -0.141. The highest BCUT2D eigenvalue weighted by molar-refractivity contribution is 6.38. The Morgan fingerprint density at radius 3 is 2.41 bits per heavy atom. The van der Waals surface area contributed by atoms with Crippen molar-refractivity contribution >= 4 is 41.0 Å². The number of hydrogen-bond acceptors (Lipinski definition) is 6. The molecule has 39 heavy (non-hydrogen) atoms. The van der Waals surface area contributed by atoms with Crippen LogP contribution in [0.1, 0.15) is 70.4 Å².